The van der Waals surface area contributed by atoms with Gasteiger partial charge in [0.15, 0.2) is 0 Å². The summed E-state index contributed by atoms with van der Waals surface area (Å²) in [5.74, 6) is 1.08. The molecule has 21 heavy (non-hydrogen) atoms. The summed E-state index contributed by atoms with van der Waals surface area (Å²) in [4.78, 5) is 30.4. The molecule has 0 saturated heterocycles. The van der Waals surface area contributed by atoms with Gasteiger partial charge in [-0.15, -0.1) is 11.3 Å². The van der Waals surface area contributed by atoms with Crippen LogP contribution in [-0.2, 0) is 11.3 Å². The molecule has 2 aromatic heterocycles. The van der Waals surface area contributed by atoms with Gasteiger partial charge in [0, 0.05) is 19.5 Å². The molecule has 6 nitrogen and oxygen atoms in total. The van der Waals surface area contributed by atoms with Crippen LogP contribution in [0.4, 0.5) is 0 Å². The first-order chi connectivity index (χ1) is 10.1. The van der Waals surface area contributed by atoms with Crippen LogP contribution in [0.15, 0.2) is 16.2 Å². The van der Waals surface area contributed by atoms with Crippen molar-refractivity contribution in [2.45, 2.75) is 26.8 Å². The molecule has 0 unspecified atom stereocenters. The van der Waals surface area contributed by atoms with Gasteiger partial charge in [-0.3, -0.25) is 9.59 Å². The molecule has 0 aliphatic heterocycles. The molecule has 0 aliphatic rings. The number of amides is 1. The summed E-state index contributed by atoms with van der Waals surface area (Å²) in [7, 11) is 0. The van der Waals surface area contributed by atoms with E-state index in [2.05, 4.69) is 34.4 Å². The average molecular weight is 308 g/mol. The second-order valence-corrected chi connectivity index (χ2v) is 6.19. The van der Waals surface area contributed by atoms with E-state index >= 15 is 0 Å². The van der Waals surface area contributed by atoms with Crippen molar-refractivity contribution in [2.24, 2.45) is 5.92 Å². The zero-order valence-corrected chi connectivity index (χ0v) is 13.0. The number of rotatable bonds is 7. The molecule has 0 fully saturated rings. The van der Waals surface area contributed by atoms with Gasteiger partial charge in [-0.05, 0) is 17.4 Å². The number of thiophene rings is 1. The number of aromatic amines is 1. The second kappa shape index (κ2) is 7.33. The lowest BCUT2D eigenvalue weighted by Gasteiger charge is -2.08. The Morgan fingerprint density at radius 3 is 3.05 bits per heavy atom. The minimum absolute atomic E-state index is 0.0333. The number of carbonyl (C=O) groups is 1. The first-order valence-corrected chi connectivity index (χ1v) is 7.88. The van der Waals surface area contributed by atoms with Crippen molar-refractivity contribution in [3.8, 4) is 0 Å². The van der Waals surface area contributed by atoms with Gasteiger partial charge in [-0.2, -0.15) is 0 Å². The Balaban J connectivity index is 1.77. The monoisotopic (exact) mass is 308 g/mol. The molecular weight excluding hydrogens is 288 g/mol. The van der Waals surface area contributed by atoms with Gasteiger partial charge in [0.2, 0.25) is 5.91 Å². The molecule has 0 saturated carbocycles. The van der Waals surface area contributed by atoms with E-state index in [0.717, 1.165) is 5.52 Å². The number of nitrogens with one attached hydrogen (secondary N) is 3. The minimum atomic E-state index is -0.110. The van der Waals surface area contributed by atoms with Crippen LogP contribution in [0.3, 0.4) is 0 Å². The van der Waals surface area contributed by atoms with Gasteiger partial charge in [0.05, 0.1) is 12.1 Å². The SMILES string of the molecule is CC(C)CNC(=O)CCNCc1nc2ccsc2c(=O)[nH]1. The highest BCUT2D eigenvalue weighted by atomic mass is 32.1. The quantitative estimate of drug-likeness (QED) is 0.672. The van der Waals surface area contributed by atoms with Crippen molar-refractivity contribution >= 4 is 27.5 Å². The van der Waals surface area contributed by atoms with Gasteiger partial charge in [0.25, 0.3) is 5.56 Å². The lowest BCUT2D eigenvalue weighted by Crippen LogP contribution is -2.30. The van der Waals surface area contributed by atoms with Crippen molar-refractivity contribution in [1.82, 2.24) is 20.6 Å². The third kappa shape index (κ3) is 4.64. The van der Waals surface area contributed by atoms with Gasteiger partial charge >= 0.3 is 0 Å². The number of hydrogen-bond acceptors (Lipinski definition) is 5. The summed E-state index contributed by atoms with van der Waals surface area (Å²) in [6.45, 7) is 5.80. The fraction of sp³-hybridized carbons (Fsp3) is 0.500. The largest absolute Gasteiger partial charge is 0.356 e. The first-order valence-electron chi connectivity index (χ1n) is 7.00. The fourth-order valence-electron chi connectivity index (χ4n) is 1.82. The third-order valence-electron chi connectivity index (χ3n) is 2.89. The van der Waals surface area contributed by atoms with Crippen LogP contribution in [0.1, 0.15) is 26.1 Å². The van der Waals surface area contributed by atoms with Crippen molar-refractivity contribution in [1.29, 1.82) is 0 Å². The first kappa shape index (κ1) is 15.7. The lowest BCUT2D eigenvalue weighted by atomic mass is 10.2. The summed E-state index contributed by atoms with van der Waals surface area (Å²) in [5, 5.41) is 7.82. The van der Waals surface area contributed by atoms with Crippen LogP contribution in [0.25, 0.3) is 10.2 Å². The van der Waals surface area contributed by atoms with Crippen LogP contribution < -0.4 is 16.2 Å². The zero-order chi connectivity index (χ0) is 15.2. The van der Waals surface area contributed by atoms with E-state index in [1.807, 2.05) is 11.4 Å². The third-order valence-corrected chi connectivity index (χ3v) is 3.80. The van der Waals surface area contributed by atoms with Crippen LogP contribution in [0, 0.1) is 5.92 Å². The van der Waals surface area contributed by atoms with Crippen LogP contribution in [0.5, 0.6) is 0 Å². The summed E-state index contributed by atoms with van der Waals surface area (Å²) in [5.41, 5.74) is 0.608. The van der Waals surface area contributed by atoms with E-state index in [1.54, 1.807) is 0 Å². The molecule has 0 bridgehead atoms. The van der Waals surface area contributed by atoms with Crippen molar-refractivity contribution in [2.75, 3.05) is 13.1 Å². The van der Waals surface area contributed by atoms with Crippen molar-refractivity contribution in [3.05, 3.63) is 27.6 Å². The summed E-state index contributed by atoms with van der Waals surface area (Å²) in [6, 6.07) is 1.83. The highest BCUT2D eigenvalue weighted by Crippen LogP contribution is 2.13. The minimum Gasteiger partial charge on any atom is -0.356 e. The molecule has 0 spiro atoms. The molecule has 3 N–H and O–H groups in total. The molecule has 0 aliphatic carbocycles. The lowest BCUT2D eigenvalue weighted by molar-refractivity contribution is -0.121. The predicted molar refractivity (Wildman–Crippen MR) is 84.4 cm³/mol. The molecule has 114 valence electrons. The highest BCUT2D eigenvalue weighted by Gasteiger charge is 2.05. The molecule has 0 atom stereocenters. The van der Waals surface area contributed by atoms with Gasteiger partial charge in [-0.1, -0.05) is 13.8 Å². The Kier molecular flexibility index (Phi) is 5.46. The number of nitrogens with zero attached hydrogens (tertiary/aromatic N) is 1. The molecule has 2 rings (SSSR count). The number of H-pyrrole nitrogens is 1. The topological polar surface area (TPSA) is 86.9 Å². The molecular formula is C14H20N4O2S. The highest BCUT2D eigenvalue weighted by molar-refractivity contribution is 7.17. The molecule has 0 aromatic carbocycles. The van der Waals surface area contributed by atoms with E-state index < -0.39 is 0 Å². The summed E-state index contributed by atoms with van der Waals surface area (Å²) in [6.07, 6.45) is 0.414. The predicted octanol–water partition coefficient (Wildman–Crippen LogP) is 1.24. The Hall–Kier alpha value is -1.73. The molecule has 0 radical (unpaired) electrons. The Morgan fingerprint density at radius 2 is 2.29 bits per heavy atom. The van der Waals surface area contributed by atoms with Gasteiger partial charge in [0.1, 0.15) is 10.5 Å². The number of aromatic nitrogens is 2. The maximum absolute atomic E-state index is 11.8. The smallest absolute Gasteiger partial charge is 0.268 e. The number of carbonyl (C=O) groups excluding carboxylic acids is 1. The van der Waals surface area contributed by atoms with Crippen molar-refractivity contribution in [3.63, 3.8) is 0 Å². The van der Waals surface area contributed by atoms with E-state index in [9.17, 15) is 9.59 Å². The standard InChI is InChI=1S/C14H20N4O2S/c1-9(2)7-16-12(19)3-5-15-8-11-17-10-4-6-21-13(10)14(20)18-11/h4,6,9,15H,3,5,7-8H2,1-2H3,(H,16,19)(H,17,18,20). The maximum Gasteiger partial charge on any atom is 0.268 e. The van der Waals surface area contributed by atoms with E-state index in [0.29, 0.717) is 42.5 Å². The molecule has 2 aromatic rings. The van der Waals surface area contributed by atoms with E-state index in [-0.39, 0.29) is 11.5 Å². The van der Waals surface area contributed by atoms with Gasteiger partial charge < -0.3 is 15.6 Å². The van der Waals surface area contributed by atoms with E-state index in [4.69, 9.17) is 0 Å². The maximum atomic E-state index is 11.8. The Labute approximate surface area is 127 Å². The Bertz CT molecular complexity index is 662. The molecule has 7 heteroatoms. The van der Waals surface area contributed by atoms with Crippen LogP contribution >= 0.6 is 11.3 Å². The second-order valence-electron chi connectivity index (χ2n) is 5.27. The number of hydrogen-bond donors (Lipinski definition) is 3. The summed E-state index contributed by atoms with van der Waals surface area (Å²) < 4.78 is 0.645. The zero-order valence-electron chi connectivity index (χ0n) is 12.2. The van der Waals surface area contributed by atoms with Crippen LogP contribution in [0.2, 0.25) is 0 Å². The Morgan fingerprint density at radius 1 is 1.48 bits per heavy atom. The van der Waals surface area contributed by atoms with Gasteiger partial charge in [-0.25, -0.2) is 4.98 Å². The fourth-order valence-corrected chi connectivity index (χ4v) is 2.55. The van der Waals surface area contributed by atoms with Crippen molar-refractivity contribution < 1.29 is 4.79 Å². The normalized spacial score (nSPS) is 11.2. The average Bonchev–Trinajstić information content (AvgIpc) is 2.90. The summed E-state index contributed by atoms with van der Waals surface area (Å²) >= 11 is 1.38. The molecule has 1 amide bonds. The van der Waals surface area contributed by atoms with Crippen LogP contribution in [-0.4, -0.2) is 29.0 Å². The molecule has 2 heterocycles. The van der Waals surface area contributed by atoms with E-state index in [1.165, 1.54) is 11.3 Å². The number of fused-ring (bicyclic) bond motifs is 1.